The van der Waals surface area contributed by atoms with Crippen LogP contribution in [0.1, 0.15) is 51.9 Å². The average Bonchev–Trinajstić information content (AvgIpc) is 3.26. The number of imide groups is 1. The minimum absolute atomic E-state index is 0.189. The van der Waals surface area contributed by atoms with Crippen LogP contribution in [0, 0.1) is 0 Å². The molecule has 0 spiro atoms. The molecule has 3 rings (SSSR count). The summed E-state index contributed by atoms with van der Waals surface area (Å²) in [7, 11) is 0. The summed E-state index contributed by atoms with van der Waals surface area (Å²) in [6.07, 6.45) is 7.85. The largest absolute Gasteiger partial charge is 0.357 e. The quantitative estimate of drug-likeness (QED) is 0.667. The molecule has 1 aromatic heterocycles. The van der Waals surface area contributed by atoms with E-state index in [1.807, 2.05) is 0 Å². The number of thioether (sulfide) groups is 1. The number of nitrogens with one attached hydrogen (secondary N) is 3. The van der Waals surface area contributed by atoms with Crippen molar-refractivity contribution in [3.05, 3.63) is 0 Å². The maximum Gasteiger partial charge on any atom is 0.321 e. The molecular weight excluding hydrogens is 346 g/mol. The number of rotatable bonds is 6. The highest BCUT2D eigenvalue weighted by Crippen LogP contribution is 2.32. The lowest BCUT2D eigenvalue weighted by molar-refractivity contribution is -0.119. The van der Waals surface area contributed by atoms with E-state index >= 15 is 0 Å². The highest BCUT2D eigenvalue weighted by Gasteiger charge is 2.24. The zero-order chi connectivity index (χ0) is 16.9. The Balaban J connectivity index is 1.41. The first kappa shape index (κ1) is 17.5. The third kappa shape index (κ3) is 5.34. The van der Waals surface area contributed by atoms with Crippen LogP contribution in [-0.4, -0.2) is 39.5 Å². The molecule has 1 unspecified atom stereocenters. The lowest BCUT2D eigenvalue weighted by Gasteiger charge is -2.22. The summed E-state index contributed by atoms with van der Waals surface area (Å²) in [6, 6.07) is 0.321. The summed E-state index contributed by atoms with van der Waals surface area (Å²) in [5, 5.41) is 17.1. The molecule has 0 aromatic carbocycles. The van der Waals surface area contributed by atoms with E-state index < -0.39 is 11.3 Å². The number of aromatic nitrogens is 2. The highest BCUT2D eigenvalue weighted by molar-refractivity contribution is 8.02. The Labute approximate surface area is 149 Å². The van der Waals surface area contributed by atoms with Crippen molar-refractivity contribution in [2.45, 2.75) is 73.5 Å². The standard InChI is InChI=1S/C15H23N5O2S2/c1-9(23-15-20-19-14(24-15)17-11-7-8-11)12(21)18-13(22)16-10-5-3-2-4-6-10/h9-11H,2-8H2,1H3,(H,17,19)(H2,16,18,21,22). The fraction of sp³-hybridized carbons (Fsp3) is 0.733. The van der Waals surface area contributed by atoms with Crippen molar-refractivity contribution in [1.82, 2.24) is 20.8 Å². The molecule has 3 N–H and O–H groups in total. The van der Waals surface area contributed by atoms with Crippen molar-refractivity contribution >= 4 is 40.2 Å². The van der Waals surface area contributed by atoms with Crippen LogP contribution in [0.25, 0.3) is 0 Å². The fourth-order valence-corrected chi connectivity index (χ4v) is 4.58. The van der Waals surface area contributed by atoms with Gasteiger partial charge in [-0.1, -0.05) is 42.4 Å². The molecular formula is C15H23N5O2S2. The van der Waals surface area contributed by atoms with Gasteiger partial charge in [0.25, 0.3) is 0 Å². The maximum absolute atomic E-state index is 12.1. The number of carbonyl (C=O) groups excluding carboxylic acids is 2. The Morgan fingerprint density at radius 2 is 1.88 bits per heavy atom. The summed E-state index contributed by atoms with van der Waals surface area (Å²) < 4.78 is 0.730. The zero-order valence-electron chi connectivity index (χ0n) is 13.7. The van der Waals surface area contributed by atoms with Crippen LogP contribution in [0.15, 0.2) is 4.34 Å². The first-order valence-electron chi connectivity index (χ1n) is 8.48. The number of carbonyl (C=O) groups is 2. The molecule has 3 amide bonds. The Hall–Kier alpha value is -1.35. The number of hydrogen-bond acceptors (Lipinski definition) is 7. The van der Waals surface area contributed by atoms with Gasteiger partial charge < -0.3 is 10.6 Å². The zero-order valence-corrected chi connectivity index (χ0v) is 15.3. The van der Waals surface area contributed by atoms with E-state index in [1.54, 1.807) is 6.92 Å². The second kappa shape index (κ2) is 8.15. The van der Waals surface area contributed by atoms with Gasteiger partial charge >= 0.3 is 6.03 Å². The summed E-state index contributed by atoms with van der Waals surface area (Å²) in [5.74, 6) is -0.305. The van der Waals surface area contributed by atoms with Crippen LogP contribution in [0.5, 0.6) is 0 Å². The van der Waals surface area contributed by atoms with E-state index in [0.29, 0.717) is 6.04 Å². The lowest BCUT2D eigenvalue weighted by atomic mass is 9.96. The van der Waals surface area contributed by atoms with Crippen molar-refractivity contribution in [3.63, 3.8) is 0 Å². The summed E-state index contributed by atoms with van der Waals surface area (Å²) in [4.78, 5) is 24.1. The Bertz CT molecular complexity index is 584. The van der Waals surface area contributed by atoms with Gasteiger partial charge in [0.05, 0.1) is 5.25 Å². The van der Waals surface area contributed by atoms with Gasteiger partial charge in [-0.2, -0.15) is 0 Å². The Kier molecular flexibility index (Phi) is 5.94. The first-order chi connectivity index (χ1) is 11.6. The van der Waals surface area contributed by atoms with Gasteiger partial charge in [-0.05, 0) is 32.6 Å². The highest BCUT2D eigenvalue weighted by atomic mass is 32.2. The van der Waals surface area contributed by atoms with Crippen LogP contribution >= 0.6 is 23.1 Å². The molecule has 7 nitrogen and oxygen atoms in total. The molecule has 0 aliphatic heterocycles. The fourth-order valence-electron chi connectivity index (χ4n) is 2.60. The van der Waals surface area contributed by atoms with E-state index in [0.717, 1.165) is 35.2 Å². The van der Waals surface area contributed by atoms with Crippen LogP contribution in [0.3, 0.4) is 0 Å². The van der Waals surface area contributed by atoms with E-state index in [1.165, 1.54) is 42.4 Å². The predicted molar refractivity (Wildman–Crippen MR) is 95.4 cm³/mol. The molecule has 2 aliphatic rings. The molecule has 132 valence electrons. The third-order valence-electron chi connectivity index (χ3n) is 4.14. The van der Waals surface area contributed by atoms with Crippen molar-refractivity contribution in [2.75, 3.05) is 5.32 Å². The monoisotopic (exact) mass is 369 g/mol. The molecule has 1 atom stereocenters. The molecule has 24 heavy (non-hydrogen) atoms. The van der Waals surface area contributed by atoms with Crippen molar-refractivity contribution < 1.29 is 9.59 Å². The lowest BCUT2D eigenvalue weighted by Crippen LogP contribution is -2.47. The molecule has 0 bridgehead atoms. The molecule has 0 saturated heterocycles. The molecule has 0 radical (unpaired) electrons. The van der Waals surface area contributed by atoms with E-state index in [2.05, 4.69) is 26.1 Å². The van der Waals surface area contributed by atoms with Crippen LogP contribution < -0.4 is 16.0 Å². The molecule has 1 heterocycles. The predicted octanol–water partition coefficient (Wildman–Crippen LogP) is 2.75. The van der Waals surface area contributed by atoms with Gasteiger partial charge in [0.15, 0.2) is 4.34 Å². The van der Waals surface area contributed by atoms with Gasteiger partial charge in [0.2, 0.25) is 11.0 Å². The summed E-state index contributed by atoms with van der Waals surface area (Å²) in [6.45, 7) is 1.77. The number of amides is 3. The van der Waals surface area contributed by atoms with Gasteiger partial charge in [-0.3, -0.25) is 10.1 Å². The number of nitrogens with zero attached hydrogens (tertiary/aromatic N) is 2. The van der Waals surface area contributed by atoms with Crippen molar-refractivity contribution in [3.8, 4) is 0 Å². The molecule has 2 aliphatic carbocycles. The SMILES string of the molecule is CC(Sc1nnc(NC2CC2)s1)C(=O)NC(=O)NC1CCCCC1. The third-order valence-corrected chi connectivity index (χ3v) is 6.17. The van der Waals surface area contributed by atoms with E-state index in [9.17, 15) is 9.59 Å². The van der Waals surface area contributed by atoms with Gasteiger partial charge in [0, 0.05) is 12.1 Å². The van der Waals surface area contributed by atoms with Gasteiger partial charge in [0.1, 0.15) is 0 Å². The van der Waals surface area contributed by atoms with Crippen molar-refractivity contribution in [2.24, 2.45) is 0 Å². The van der Waals surface area contributed by atoms with Gasteiger partial charge in [-0.15, -0.1) is 10.2 Å². The van der Waals surface area contributed by atoms with Crippen LogP contribution in [0.2, 0.25) is 0 Å². The molecule has 1 aromatic rings. The van der Waals surface area contributed by atoms with E-state index in [-0.39, 0.29) is 11.9 Å². The Morgan fingerprint density at radius 1 is 1.12 bits per heavy atom. The smallest absolute Gasteiger partial charge is 0.321 e. The second-order valence-corrected chi connectivity index (χ2v) is 8.91. The number of urea groups is 1. The first-order valence-corrected chi connectivity index (χ1v) is 10.2. The molecule has 2 fully saturated rings. The number of hydrogen-bond donors (Lipinski definition) is 3. The van der Waals surface area contributed by atoms with Crippen LogP contribution in [0.4, 0.5) is 9.93 Å². The Morgan fingerprint density at radius 3 is 2.58 bits per heavy atom. The summed E-state index contributed by atoms with van der Waals surface area (Å²) >= 11 is 2.76. The topological polar surface area (TPSA) is 96.0 Å². The molecule has 9 heteroatoms. The normalized spacial score (nSPS) is 19.5. The van der Waals surface area contributed by atoms with E-state index in [4.69, 9.17) is 0 Å². The maximum atomic E-state index is 12.1. The summed E-state index contributed by atoms with van der Waals surface area (Å²) in [5.41, 5.74) is 0. The minimum atomic E-state index is -0.399. The molecule has 2 saturated carbocycles. The second-order valence-electron chi connectivity index (χ2n) is 6.35. The van der Waals surface area contributed by atoms with Gasteiger partial charge in [-0.25, -0.2) is 4.79 Å². The van der Waals surface area contributed by atoms with Crippen molar-refractivity contribution in [1.29, 1.82) is 0 Å². The minimum Gasteiger partial charge on any atom is -0.357 e. The van der Waals surface area contributed by atoms with Crippen LogP contribution in [-0.2, 0) is 4.79 Å². The average molecular weight is 370 g/mol. The number of anilines is 1.